The summed E-state index contributed by atoms with van der Waals surface area (Å²) in [7, 11) is 0. The number of carbonyl (C=O) groups is 1. The Kier molecular flexibility index (Phi) is 5.52. The first-order chi connectivity index (χ1) is 12.2. The molecule has 0 aromatic carbocycles. The zero-order valence-electron chi connectivity index (χ0n) is 17.3. The summed E-state index contributed by atoms with van der Waals surface area (Å²) in [4.78, 5) is 19.2. The van der Waals surface area contributed by atoms with Gasteiger partial charge in [-0.25, -0.2) is 0 Å². The van der Waals surface area contributed by atoms with Gasteiger partial charge in [0.1, 0.15) is 0 Å². The lowest BCUT2D eigenvalue weighted by Crippen LogP contribution is -2.39. The summed E-state index contributed by atoms with van der Waals surface area (Å²) in [6.07, 6.45) is 4.18. The van der Waals surface area contributed by atoms with E-state index in [0.29, 0.717) is 17.6 Å². The smallest absolute Gasteiger partial charge is 0.174 e. The number of carbonyl (C=O) groups excluding carboxylic acids is 1. The normalized spacial score (nSPS) is 15.7. The van der Waals surface area contributed by atoms with Crippen molar-refractivity contribution in [3.05, 3.63) is 32.5 Å². The third kappa shape index (κ3) is 3.22. The fraction of sp³-hybridized carbons (Fsp3) is 0.609. The van der Waals surface area contributed by atoms with E-state index >= 15 is 0 Å². The monoisotopic (exact) mass is 388 g/mol. The van der Waals surface area contributed by atoms with Crippen LogP contribution in [-0.2, 0) is 5.41 Å². The van der Waals surface area contributed by atoms with Crippen molar-refractivity contribution < 1.29 is 4.79 Å². The van der Waals surface area contributed by atoms with Crippen LogP contribution in [0.3, 0.4) is 0 Å². The Bertz CT molecular complexity index is 808. The van der Waals surface area contributed by atoms with Crippen LogP contribution < -0.4 is 0 Å². The van der Waals surface area contributed by atoms with Crippen LogP contribution in [0.25, 0.3) is 9.75 Å². The molecule has 1 aliphatic rings. The van der Waals surface area contributed by atoms with E-state index in [9.17, 15) is 4.79 Å². The van der Waals surface area contributed by atoms with Crippen LogP contribution in [0.4, 0.5) is 0 Å². The molecule has 0 saturated heterocycles. The Morgan fingerprint density at radius 1 is 0.923 bits per heavy atom. The van der Waals surface area contributed by atoms with Crippen LogP contribution in [0, 0.1) is 32.6 Å². The van der Waals surface area contributed by atoms with Crippen LogP contribution >= 0.6 is 22.7 Å². The second kappa shape index (κ2) is 7.24. The molecule has 0 aliphatic heterocycles. The van der Waals surface area contributed by atoms with Crippen molar-refractivity contribution in [2.75, 3.05) is 0 Å². The summed E-state index contributed by atoms with van der Waals surface area (Å²) in [5, 5.41) is 0. The Morgan fingerprint density at radius 3 is 2.04 bits per heavy atom. The van der Waals surface area contributed by atoms with Gasteiger partial charge in [-0.1, -0.05) is 27.7 Å². The summed E-state index contributed by atoms with van der Waals surface area (Å²) >= 11 is 3.70. The van der Waals surface area contributed by atoms with Crippen molar-refractivity contribution >= 4 is 28.5 Å². The number of thiophene rings is 2. The molecule has 0 fully saturated rings. The van der Waals surface area contributed by atoms with E-state index in [-0.39, 0.29) is 5.41 Å². The molecule has 26 heavy (non-hydrogen) atoms. The quantitative estimate of drug-likeness (QED) is 0.495. The maximum Gasteiger partial charge on any atom is 0.174 e. The SMILES string of the molecule is Cc1cc2c(s1)-c1sc(C)c(C)c1C(CCC(C)C)(CCC(C)C)C2=O. The van der Waals surface area contributed by atoms with Crippen LogP contribution in [-0.4, -0.2) is 5.78 Å². The van der Waals surface area contributed by atoms with E-state index < -0.39 is 0 Å². The molecule has 2 aromatic heterocycles. The Labute approximate surface area is 166 Å². The number of ketones is 1. The number of fused-ring (bicyclic) bond motifs is 3. The van der Waals surface area contributed by atoms with Gasteiger partial charge in [0.2, 0.25) is 0 Å². The number of hydrogen-bond donors (Lipinski definition) is 0. The van der Waals surface area contributed by atoms with Gasteiger partial charge in [-0.15, -0.1) is 22.7 Å². The second-order valence-electron chi connectivity index (χ2n) is 8.86. The lowest BCUT2D eigenvalue weighted by atomic mass is 9.63. The van der Waals surface area contributed by atoms with Gasteiger partial charge in [-0.2, -0.15) is 0 Å². The van der Waals surface area contributed by atoms with Crippen molar-refractivity contribution in [2.45, 2.75) is 79.6 Å². The van der Waals surface area contributed by atoms with Crippen molar-refractivity contribution in [1.82, 2.24) is 0 Å². The van der Waals surface area contributed by atoms with Gasteiger partial charge >= 0.3 is 0 Å². The standard InChI is InChI=1S/C23H32OS2/c1-13(2)8-10-23(11-9-14(3)4)19-16(6)17(7)26-21(19)20-18(22(23)24)12-15(5)25-20/h12-14H,8-11H2,1-7H3. The molecular formula is C23H32OS2. The number of rotatable bonds is 6. The summed E-state index contributed by atoms with van der Waals surface area (Å²) in [6, 6.07) is 2.15. The molecule has 0 radical (unpaired) electrons. The van der Waals surface area contributed by atoms with E-state index in [2.05, 4.69) is 54.5 Å². The van der Waals surface area contributed by atoms with E-state index in [0.717, 1.165) is 31.2 Å². The van der Waals surface area contributed by atoms with Crippen molar-refractivity contribution in [3.63, 3.8) is 0 Å². The molecule has 3 heteroatoms. The first-order valence-electron chi connectivity index (χ1n) is 9.93. The molecular weight excluding hydrogens is 356 g/mol. The minimum Gasteiger partial charge on any atom is -0.293 e. The van der Waals surface area contributed by atoms with Gasteiger partial charge in [0.25, 0.3) is 0 Å². The molecule has 2 heterocycles. The highest BCUT2D eigenvalue weighted by Crippen LogP contribution is 2.55. The molecule has 0 atom stereocenters. The van der Waals surface area contributed by atoms with Crippen molar-refractivity contribution in [1.29, 1.82) is 0 Å². The van der Waals surface area contributed by atoms with Crippen LogP contribution in [0.1, 0.15) is 84.6 Å². The first-order valence-corrected chi connectivity index (χ1v) is 11.6. The van der Waals surface area contributed by atoms with Crippen molar-refractivity contribution in [3.8, 4) is 9.75 Å². The molecule has 0 N–H and O–H groups in total. The highest BCUT2D eigenvalue weighted by molar-refractivity contribution is 7.22. The van der Waals surface area contributed by atoms with Gasteiger partial charge < -0.3 is 0 Å². The minimum atomic E-state index is -0.320. The number of Topliss-reactive ketones (excluding diaryl/α,β-unsaturated/α-hetero) is 1. The molecule has 1 aliphatic carbocycles. The van der Waals surface area contributed by atoms with E-state index in [4.69, 9.17) is 0 Å². The summed E-state index contributed by atoms with van der Waals surface area (Å²) in [6.45, 7) is 15.7. The highest BCUT2D eigenvalue weighted by atomic mass is 32.1. The summed E-state index contributed by atoms with van der Waals surface area (Å²) in [5.74, 6) is 1.63. The highest BCUT2D eigenvalue weighted by Gasteiger charge is 2.48. The molecule has 1 nitrogen and oxygen atoms in total. The first kappa shape index (κ1) is 19.8. The Morgan fingerprint density at radius 2 is 1.50 bits per heavy atom. The summed E-state index contributed by atoms with van der Waals surface area (Å²) < 4.78 is 0. The lowest BCUT2D eigenvalue weighted by molar-refractivity contribution is 0.0848. The lowest BCUT2D eigenvalue weighted by Gasteiger charge is -2.38. The minimum absolute atomic E-state index is 0.320. The van der Waals surface area contributed by atoms with Gasteiger partial charge in [0.05, 0.1) is 10.3 Å². The number of hydrogen-bond acceptors (Lipinski definition) is 3. The van der Waals surface area contributed by atoms with Crippen LogP contribution in [0.15, 0.2) is 6.07 Å². The summed E-state index contributed by atoms with van der Waals surface area (Å²) in [5.41, 5.74) is 3.41. The molecule has 0 bridgehead atoms. The number of aryl methyl sites for hydroxylation is 2. The van der Waals surface area contributed by atoms with Crippen LogP contribution in [0.5, 0.6) is 0 Å². The third-order valence-corrected chi connectivity index (χ3v) is 8.32. The molecule has 2 aromatic rings. The van der Waals surface area contributed by atoms with Gasteiger partial charge in [-0.3, -0.25) is 4.79 Å². The molecule has 0 unspecified atom stereocenters. The zero-order valence-corrected chi connectivity index (χ0v) is 18.9. The van der Waals surface area contributed by atoms with Gasteiger partial charge in [-0.05, 0) is 75.5 Å². The molecule has 142 valence electrons. The maximum atomic E-state index is 13.9. The molecule has 3 rings (SSSR count). The Balaban J connectivity index is 2.23. The maximum absolute atomic E-state index is 13.9. The van der Waals surface area contributed by atoms with E-state index in [1.54, 1.807) is 11.3 Å². The topological polar surface area (TPSA) is 17.1 Å². The molecule has 0 amide bonds. The predicted octanol–water partition coefficient (Wildman–Crippen LogP) is 7.71. The third-order valence-electron chi connectivity index (χ3n) is 5.90. The fourth-order valence-corrected chi connectivity index (χ4v) is 6.68. The van der Waals surface area contributed by atoms with E-state index in [1.807, 2.05) is 11.3 Å². The zero-order chi connectivity index (χ0) is 19.2. The predicted molar refractivity (Wildman–Crippen MR) is 116 cm³/mol. The largest absolute Gasteiger partial charge is 0.293 e. The average Bonchev–Trinajstić information content (AvgIpc) is 3.08. The van der Waals surface area contributed by atoms with Crippen molar-refractivity contribution in [2.24, 2.45) is 11.8 Å². The second-order valence-corrected chi connectivity index (χ2v) is 11.3. The average molecular weight is 389 g/mol. The fourth-order valence-electron chi connectivity index (χ4n) is 4.26. The van der Waals surface area contributed by atoms with Crippen LogP contribution in [0.2, 0.25) is 0 Å². The van der Waals surface area contributed by atoms with Gasteiger partial charge in [0, 0.05) is 20.2 Å². The van der Waals surface area contributed by atoms with E-state index in [1.165, 1.54) is 30.6 Å². The Hall–Kier alpha value is -0.930. The molecule has 0 saturated carbocycles. The van der Waals surface area contributed by atoms with Gasteiger partial charge in [0.15, 0.2) is 5.78 Å². The molecule has 0 spiro atoms.